The number of carbonyl (C=O) groups excluding carboxylic acids is 2. The normalized spacial score (nSPS) is 16.0. The SMILES string of the molecule is CCN1C(=S)NC(c2ccc(NC(=O)c3cccc(Br)c3)cc2)C(C(=O)OCC(C)C)=C1C. The van der Waals surface area contributed by atoms with E-state index in [1.807, 2.05) is 69.0 Å². The van der Waals surface area contributed by atoms with Crippen LogP contribution in [0.3, 0.4) is 0 Å². The van der Waals surface area contributed by atoms with Gasteiger partial charge in [0.15, 0.2) is 5.11 Å². The smallest absolute Gasteiger partial charge is 0.338 e. The van der Waals surface area contributed by atoms with Crippen molar-refractivity contribution in [3.63, 3.8) is 0 Å². The van der Waals surface area contributed by atoms with Gasteiger partial charge in [0.2, 0.25) is 0 Å². The van der Waals surface area contributed by atoms with Gasteiger partial charge >= 0.3 is 5.97 Å². The quantitative estimate of drug-likeness (QED) is 0.368. The van der Waals surface area contributed by atoms with Crippen molar-refractivity contribution in [2.24, 2.45) is 5.92 Å². The monoisotopic (exact) mass is 529 g/mol. The lowest BCUT2D eigenvalue weighted by atomic mass is 9.94. The number of ether oxygens (including phenoxy) is 1. The average Bonchev–Trinajstić information content (AvgIpc) is 2.78. The fourth-order valence-corrected chi connectivity index (χ4v) is 4.37. The van der Waals surface area contributed by atoms with Crippen LogP contribution in [-0.4, -0.2) is 35.0 Å². The van der Waals surface area contributed by atoms with E-state index in [9.17, 15) is 9.59 Å². The standard InChI is InChI=1S/C25H28BrN3O3S/c1-5-29-16(4)21(24(31)32-14-15(2)3)22(28-25(29)33)17-9-11-20(12-10-17)27-23(30)18-7-6-8-19(26)13-18/h6-13,15,22H,5,14H2,1-4H3,(H,27,30)(H,28,33). The van der Waals surface area contributed by atoms with E-state index in [0.717, 1.165) is 15.7 Å². The highest BCUT2D eigenvalue weighted by molar-refractivity contribution is 9.10. The Morgan fingerprint density at radius 3 is 2.52 bits per heavy atom. The Hall–Kier alpha value is -2.71. The summed E-state index contributed by atoms with van der Waals surface area (Å²) in [4.78, 5) is 27.4. The van der Waals surface area contributed by atoms with Crippen molar-refractivity contribution in [2.45, 2.75) is 33.7 Å². The maximum atomic E-state index is 13.0. The highest BCUT2D eigenvalue weighted by Gasteiger charge is 2.34. The number of nitrogens with zero attached hydrogens (tertiary/aromatic N) is 1. The van der Waals surface area contributed by atoms with E-state index < -0.39 is 6.04 Å². The number of halogens is 1. The molecule has 0 aromatic heterocycles. The van der Waals surface area contributed by atoms with Gasteiger partial charge < -0.3 is 20.3 Å². The summed E-state index contributed by atoms with van der Waals surface area (Å²) in [6, 6.07) is 14.1. The van der Waals surface area contributed by atoms with Crippen molar-refractivity contribution in [3.05, 3.63) is 75.4 Å². The number of rotatable bonds is 7. The third kappa shape index (κ3) is 6.00. The summed E-state index contributed by atoms with van der Waals surface area (Å²) in [5.74, 6) is -0.318. The number of nitrogens with one attached hydrogen (secondary N) is 2. The molecule has 8 heteroatoms. The summed E-state index contributed by atoms with van der Waals surface area (Å²) in [5.41, 5.74) is 3.39. The second kappa shape index (κ2) is 10.9. The Labute approximate surface area is 208 Å². The van der Waals surface area contributed by atoms with Gasteiger partial charge in [0.1, 0.15) is 0 Å². The van der Waals surface area contributed by atoms with Crippen LogP contribution < -0.4 is 10.6 Å². The minimum absolute atomic E-state index is 0.201. The number of anilines is 1. The largest absolute Gasteiger partial charge is 0.462 e. The van der Waals surface area contributed by atoms with Gasteiger partial charge in [0.25, 0.3) is 5.91 Å². The second-order valence-electron chi connectivity index (χ2n) is 8.20. The van der Waals surface area contributed by atoms with Gasteiger partial charge in [0, 0.05) is 28.0 Å². The molecule has 0 saturated carbocycles. The van der Waals surface area contributed by atoms with Gasteiger partial charge in [-0.2, -0.15) is 0 Å². The Bertz CT molecular complexity index is 1080. The van der Waals surface area contributed by atoms with Crippen molar-refractivity contribution in [1.82, 2.24) is 10.2 Å². The van der Waals surface area contributed by atoms with Crippen molar-refractivity contribution >= 4 is 50.8 Å². The van der Waals surface area contributed by atoms with Crippen LogP contribution >= 0.6 is 28.1 Å². The highest BCUT2D eigenvalue weighted by Crippen LogP contribution is 2.32. The van der Waals surface area contributed by atoms with E-state index in [-0.39, 0.29) is 17.8 Å². The average molecular weight is 530 g/mol. The van der Waals surface area contributed by atoms with Crippen LogP contribution in [0.15, 0.2) is 64.3 Å². The number of amides is 1. The first-order chi connectivity index (χ1) is 15.7. The minimum atomic E-state index is -0.435. The van der Waals surface area contributed by atoms with Gasteiger partial charge in [-0.1, -0.05) is 48.0 Å². The number of benzene rings is 2. The number of carbonyl (C=O) groups is 2. The van der Waals surface area contributed by atoms with Crippen LogP contribution in [0.2, 0.25) is 0 Å². The molecule has 2 N–H and O–H groups in total. The van der Waals surface area contributed by atoms with Crippen LogP contribution in [0.25, 0.3) is 0 Å². The Morgan fingerprint density at radius 2 is 1.91 bits per heavy atom. The first-order valence-electron chi connectivity index (χ1n) is 10.8. The zero-order chi connectivity index (χ0) is 24.1. The van der Waals surface area contributed by atoms with E-state index in [1.165, 1.54) is 0 Å². The van der Waals surface area contributed by atoms with Gasteiger partial charge in [-0.25, -0.2) is 4.79 Å². The predicted molar refractivity (Wildman–Crippen MR) is 138 cm³/mol. The number of thiocarbonyl (C=S) groups is 1. The zero-order valence-electron chi connectivity index (χ0n) is 19.1. The van der Waals surface area contributed by atoms with Crippen molar-refractivity contribution in [1.29, 1.82) is 0 Å². The number of esters is 1. The molecule has 0 radical (unpaired) electrons. The number of hydrogen-bond donors (Lipinski definition) is 2. The Balaban J connectivity index is 1.85. The Morgan fingerprint density at radius 1 is 1.21 bits per heavy atom. The molecule has 0 spiro atoms. The molecule has 6 nitrogen and oxygen atoms in total. The molecule has 1 aliphatic rings. The van der Waals surface area contributed by atoms with E-state index in [4.69, 9.17) is 17.0 Å². The molecule has 3 rings (SSSR count). The highest BCUT2D eigenvalue weighted by atomic mass is 79.9. The van der Waals surface area contributed by atoms with Crippen LogP contribution in [-0.2, 0) is 9.53 Å². The third-order valence-corrected chi connectivity index (χ3v) is 6.10. The molecule has 33 heavy (non-hydrogen) atoms. The van der Waals surface area contributed by atoms with Gasteiger partial charge in [0.05, 0.1) is 18.2 Å². The summed E-state index contributed by atoms with van der Waals surface area (Å²) in [7, 11) is 0. The first kappa shape index (κ1) is 24.9. The van der Waals surface area contributed by atoms with E-state index >= 15 is 0 Å². The van der Waals surface area contributed by atoms with Gasteiger partial charge in [-0.15, -0.1) is 0 Å². The zero-order valence-corrected chi connectivity index (χ0v) is 21.5. The molecule has 1 unspecified atom stereocenters. The molecule has 1 aliphatic heterocycles. The molecular formula is C25H28BrN3O3S. The van der Waals surface area contributed by atoms with Crippen molar-refractivity contribution < 1.29 is 14.3 Å². The van der Waals surface area contributed by atoms with E-state index in [2.05, 4.69) is 26.6 Å². The lowest BCUT2D eigenvalue weighted by Crippen LogP contribution is -2.47. The fraction of sp³-hybridized carbons (Fsp3) is 0.320. The van der Waals surface area contributed by atoms with Crippen LogP contribution in [0.4, 0.5) is 5.69 Å². The lowest BCUT2D eigenvalue weighted by Gasteiger charge is -2.37. The molecule has 1 heterocycles. The molecule has 0 bridgehead atoms. The van der Waals surface area contributed by atoms with Crippen LogP contribution in [0.5, 0.6) is 0 Å². The molecule has 0 saturated heterocycles. The number of allylic oxidation sites excluding steroid dienone is 1. The summed E-state index contributed by atoms with van der Waals surface area (Å²) in [5, 5.41) is 6.74. The molecule has 2 aromatic rings. The topological polar surface area (TPSA) is 70.7 Å². The van der Waals surface area contributed by atoms with Crippen LogP contribution in [0, 0.1) is 5.92 Å². The van der Waals surface area contributed by atoms with Crippen molar-refractivity contribution in [2.75, 3.05) is 18.5 Å². The molecular weight excluding hydrogens is 502 g/mol. The molecule has 174 valence electrons. The summed E-state index contributed by atoms with van der Waals surface area (Å²) >= 11 is 8.92. The lowest BCUT2D eigenvalue weighted by molar-refractivity contribution is -0.140. The Kier molecular flexibility index (Phi) is 8.26. The third-order valence-electron chi connectivity index (χ3n) is 5.27. The van der Waals surface area contributed by atoms with Crippen molar-refractivity contribution in [3.8, 4) is 0 Å². The molecule has 0 aliphatic carbocycles. The summed E-state index contributed by atoms with van der Waals surface area (Å²) < 4.78 is 6.40. The fourth-order valence-electron chi connectivity index (χ4n) is 3.59. The van der Waals surface area contributed by atoms with Crippen LogP contribution in [0.1, 0.15) is 49.7 Å². The maximum absolute atomic E-state index is 13.0. The molecule has 2 aromatic carbocycles. The predicted octanol–water partition coefficient (Wildman–Crippen LogP) is 5.43. The van der Waals surface area contributed by atoms with Gasteiger partial charge in [-0.3, -0.25) is 4.79 Å². The van der Waals surface area contributed by atoms with Gasteiger partial charge in [-0.05, 0) is 67.9 Å². The first-order valence-corrected chi connectivity index (χ1v) is 12.0. The molecule has 0 fully saturated rings. The summed E-state index contributed by atoms with van der Waals surface area (Å²) in [6.45, 7) is 8.87. The maximum Gasteiger partial charge on any atom is 0.338 e. The second-order valence-corrected chi connectivity index (χ2v) is 9.51. The molecule has 1 amide bonds. The number of hydrogen-bond acceptors (Lipinski definition) is 4. The molecule has 1 atom stereocenters. The van der Waals surface area contributed by atoms with E-state index in [1.54, 1.807) is 12.1 Å². The van der Waals surface area contributed by atoms with E-state index in [0.29, 0.717) is 35.1 Å². The minimum Gasteiger partial charge on any atom is -0.462 e. The summed E-state index contributed by atoms with van der Waals surface area (Å²) in [6.07, 6.45) is 0.